The Bertz CT molecular complexity index is 866. The second kappa shape index (κ2) is 4.41. The highest BCUT2D eigenvalue weighted by Gasteiger charge is 2.54. The Morgan fingerprint density at radius 1 is 0.792 bits per heavy atom. The molecule has 6 nitrogen and oxygen atoms in total. The number of phenolic OH excluding ortho intramolecular Hbond substituents is 6. The highest BCUT2D eigenvalue weighted by atomic mass is 16.3. The average molecular weight is 330 g/mol. The Kier molecular flexibility index (Phi) is 2.72. The van der Waals surface area contributed by atoms with Gasteiger partial charge in [-0.1, -0.05) is 6.92 Å². The summed E-state index contributed by atoms with van der Waals surface area (Å²) in [6.07, 6.45) is 1.67. The van der Waals surface area contributed by atoms with Crippen molar-refractivity contribution in [1.29, 1.82) is 0 Å². The molecule has 0 bridgehead atoms. The standard InChI is InChI=1S/C18H18O6/c1-7-4-9-6-11(20)15(22)17(24)13(9)18(7)3-2-8-5-10(19)14(21)16(23)12(8)18/h5-7,19-24H,2-4H2,1H3. The van der Waals surface area contributed by atoms with Crippen LogP contribution >= 0.6 is 0 Å². The SMILES string of the molecule is CC1Cc2cc(O)c(O)c(O)c2C12CCc1cc(O)c(O)c(O)c12. The van der Waals surface area contributed by atoms with Gasteiger partial charge in [0.25, 0.3) is 0 Å². The number of fused-ring (bicyclic) bond motifs is 4. The lowest BCUT2D eigenvalue weighted by Gasteiger charge is -2.33. The van der Waals surface area contributed by atoms with Gasteiger partial charge in [-0.05, 0) is 48.4 Å². The maximum absolute atomic E-state index is 10.5. The zero-order valence-electron chi connectivity index (χ0n) is 13.0. The van der Waals surface area contributed by atoms with E-state index in [1.807, 2.05) is 6.92 Å². The number of phenols is 6. The summed E-state index contributed by atoms with van der Waals surface area (Å²) in [6.45, 7) is 1.96. The molecule has 24 heavy (non-hydrogen) atoms. The van der Waals surface area contributed by atoms with E-state index in [2.05, 4.69) is 0 Å². The second-order valence-electron chi connectivity index (χ2n) is 6.83. The van der Waals surface area contributed by atoms with Gasteiger partial charge in [0.05, 0.1) is 0 Å². The van der Waals surface area contributed by atoms with Gasteiger partial charge in [-0.25, -0.2) is 0 Å². The van der Waals surface area contributed by atoms with Crippen molar-refractivity contribution in [3.63, 3.8) is 0 Å². The minimum Gasteiger partial charge on any atom is -0.504 e. The molecule has 0 saturated carbocycles. The van der Waals surface area contributed by atoms with Gasteiger partial charge in [-0.2, -0.15) is 0 Å². The van der Waals surface area contributed by atoms with E-state index in [-0.39, 0.29) is 17.4 Å². The third-order valence-corrected chi connectivity index (χ3v) is 5.72. The molecule has 4 rings (SSSR count). The summed E-state index contributed by atoms with van der Waals surface area (Å²) in [4.78, 5) is 0. The van der Waals surface area contributed by atoms with Crippen LogP contribution in [0.2, 0.25) is 0 Å². The van der Waals surface area contributed by atoms with Crippen molar-refractivity contribution in [2.24, 2.45) is 5.92 Å². The average Bonchev–Trinajstić information content (AvgIpc) is 3.03. The molecule has 0 radical (unpaired) electrons. The predicted molar refractivity (Wildman–Crippen MR) is 84.8 cm³/mol. The number of hydrogen-bond donors (Lipinski definition) is 6. The summed E-state index contributed by atoms with van der Waals surface area (Å²) in [6, 6.07) is 2.87. The van der Waals surface area contributed by atoms with E-state index in [4.69, 9.17) is 0 Å². The molecule has 0 saturated heterocycles. The van der Waals surface area contributed by atoms with E-state index in [0.29, 0.717) is 41.5 Å². The summed E-state index contributed by atoms with van der Waals surface area (Å²) >= 11 is 0. The normalized spacial score (nSPS) is 24.3. The minimum absolute atomic E-state index is 0.0318. The summed E-state index contributed by atoms with van der Waals surface area (Å²) in [7, 11) is 0. The van der Waals surface area contributed by atoms with Crippen molar-refractivity contribution in [2.75, 3.05) is 0 Å². The number of hydrogen-bond acceptors (Lipinski definition) is 6. The zero-order chi connectivity index (χ0) is 17.4. The van der Waals surface area contributed by atoms with E-state index in [9.17, 15) is 30.6 Å². The molecule has 126 valence electrons. The molecule has 2 aromatic rings. The van der Waals surface area contributed by atoms with Gasteiger partial charge in [-0.15, -0.1) is 0 Å². The highest BCUT2D eigenvalue weighted by Crippen LogP contribution is 2.63. The van der Waals surface area contributed by atoms with Gasteiger partial charge in [0.15, 0.2) is 23.0 Å². The lowest BCUT2D eigenvalue weighted by Crippen LogP contribution is -2.29. The fraction of sp³-hybridized carbons (Fsp3) is 0.333. The Balaban J connectivity index is 2.09. The third kappa shape index (κ3) is 1.50. The Labute approximate surface area is 137 Å². The summed E-state index contributed by atoms with van der Waals surface area (Å²) in [5.41, 5.74) is 1.58. The van der Waals surface area contributed by atoms with Crippen molar-refractivity contribution < 1.29 is 30.6 Å². The van der Waals surface area contributed by atoms with Crippen LogP contribution in [0.1, 0.15) is 35.6 Å². The molecule has 0 aliphatic heterocycles. The Morgan fingerprint density at radius 2 is 1.29 bits per heavy atom. The molecule has 2 unspecified atom stereocenters. The van der Waals surface area contributed by atoms with E-state index in [1.54, 1.807) is 0 Å². The maximum Gasteiger partial charge on any atom is 0.200 e. The zero-order valence-corrected chi connectivity index (χ0v) is 13.0. The predicted octanol–water partition coefficient (Wildman–Crippen LogP) is 2.34. The fourth-order valence-corrected chi connectivity index (χ4v) is 4.70. The van der Waals surface area contributed by atoms with Crippen LogP contribution in [0, 0.1) is 5.92 Å². The van der Waals surface area contributed by atoms with E-state index in [1.165, 1.54) is 12.1 Å². The molecule has 6 heteroatoms. The first-order chi connectivity index (χ1) is 11.3. The molecule has 2 aromatic carbocycles. The van der Waals surface area contributed by atoms with Crippen LogP contribution < -0.4 is 0 Å². The molecule has 1 spiro atoms. The number of rotatable bonds is 0. The first-order valence-corrected chi connectivity index (χ1v) is 7.83. The molecular weight excluding hydrogens is 312 g/mol. The van der Waals surface area contributed by atoms with Gasteiger partial charge < -0.3 is 30.6 Å². The fourth-order valence-electron chi connectivity index (χ4n) is 4.70. The van der Waals surface area contributed by atoms with Crippen molar-refractivity contribution in [1.82, 2.24) is 0 Å². The maximum atomic E-state index is 10.5. The molecule has 0 fully saturated rings. The molecule has 2 aliphatic rings. The first-order valence-electron chi connectivity index (χ1n) is 7.83. The molecule has 2 aliphatic carbocycles. The van der Waals surface area contributed by atoms with Gasteiger partial charge in [0.1, 0.15) is 0 Å². The van der Waals surface area contributed by atoms with E-state index >= 15 is 0 Å². The minimum atomic E-state index is -0.783. The van der Waals surface area contributed by atoms with Crippen LogP contribution in [-0.4, -0.2) is 30.6 Å². The molecule has 0 heterocycles. The monoisotopic (exact) mass is 330 g/mol. The highest BCUT2D eigenvalue weighted by molar-refractivity contribution is 5.71. The van der Waals surface area contributed by atoms with E-state index < -0.39 is 28.4 Å². The van der Waals surface area contributed by atoms with Crippen LogP contribution in [0.25, 0.3) is 0 Å². The van der Waals surface area contributed by atoms with Gasteiger partial charge in [-0.3, -0.25) is 0 Å². The van der Waals surface area contributed by atoms with Crippen LogP contribution in [0.4, 0.5) is 0 Å². The molecule has 6 N–H and O–H groups in total. The lowest BCUT2D eigenvalue weighted by atomic mass is 9.70. The molecule has 0 amide bonds. The van der Waals surface area contributed by atoms with Gasteiger partial charge in [0.2, 0.25) is 11.5 Å². The molecular formula is C18H18O6. The Morgan fingerprint density at radius 3 is 1.88 bits per heavy atom. The van der Waals surface area contributed by atoms with Crippen molar-refractivity contribution >= 4 is 0 Å². The van der Waals surface area contributed by atoms with Crippen LogP contribution in [-0.2, 0) is 18.3 Å². The second-order valence-corrected chi connectivity index (χ2v) is 6.83. The van der Waals surface area contributed by atoms with Crippen molar-refractivity contribution in [3.8, 4) is 34.5 Å². The van der Waals surface area contributed by atoms with Crippen molar-refractivity contribution in [2.45, 2.75) is 31.6 Å². The quantitative estimate of drug-likeness (QED) is 0.412. The van der Waals surface area contributed by atoms with E-state index in [0.717, 1.165) is 0 Å². The smallest absolute Gasteiger partial charge is 0.200 e. The number of aryl methyl sites for hydroxylation is 1. The van der Waals surface area contributed by atoms with Crippen LogP contribution in [0.3, 0.4) is 0 Å². The third-order valence-electron chi connectivity index (χ3n) is 5.72. The topological polar surface area (TPSA) is 121 Å². The molecule has 2 atom stereocenters. The summed E-state index contributed by atoms with van der Waals surface area (Å²) in [5, 5.41) is 60.4. The van der Waals surface area contributed by atoms with Gasteiger partial charge in [0, 0.05) is 16.5 Å². The summed E-state index contributed by atoms with van der Waals surface area (Å²) < 4.78 is 0. The summed E-state index contributed by atoms with van der Waals surface area (Å²) in [5.74, 6) is -2.76. The number of aromatic hydroxyl groups is 6. The number of benzene rings is 2. The first kappa shape index (κ1) is 14.8. The Hall–Kier alpha value is -2.76. The molecule has 0 aromatic heterocycles. The van der Waals surface area contributed by atoms with Gasteiger partial charge >= 0.3 is 0 Å². The lowest BCUT2D eigenvalue weighted by molar-refractivity contribution is 0.324. The largest absolute Gasteiger partial charge is 0.504 e. The van der Waals surface area contributed by atoms with Crippen molar-refractivity contribution in [3.05, 3.63) is 34.4 Å². The van der Waals surface area contributed by atoms with Crippen LogP contribution in [0.15, 0.2) is 12.1 Å². The van der Waals surface area contributed by atoms with Crippen LogP contribution in [0.5, 0.6) is 34.5 Å².